The molecule has 2 unspecified atom stereocenters. The SMILES string of the molecule is CCC(N(c1ccccc1)C(CC)S(=O)(=O)O)S(=O)(=O)O. The zero-order valence-corrected chi connectivity index (χ0v) is 13.4. The van der Waals surface area contributed by atoms with Crippen molar-refractivity contribution in [1.82, 2.24) is 0 Å². The molecule has 0 saturated heterocycles. The molecule has 0 aliphatic heterocycles. The Morgan fingerprint density at radius 1 is 0.905 bits per heavy atom. The van der Waals surface area contributed by atoms with Crippen LogP contribution in [0.2, 0.25) is 0 Å². The normalized spacial score (nSPS) is 15.4. The third-order valence-corrected chi connectivity index (χ3v) is 5.56. The van der Waals surface area contributed by atoms with Gasteiger partial charge in [-0.3, -0.25) is 9.11 Å². The van der Waals surface area contributed by atoms with E-state index in [9.17, 15) is 25.9 Å². The Labute approximate surface area is 125 Å². The zero-order valence-electron chi connectivity index (χ0n) is 11.7. The van der Waals surface area contributed by atoms with Gasteiger partial charge < -0.3 is 4.90 Å². The highest BCUT2D eigenvalue weighted by molar-refractivity contribution is 7.87. The van der Waals surface area contributed by atoms with Gasteiger partial charge in [0, 0.05) is 5.69 Å². The topological polar surface area (TPSA) is 112 Å². The Morgan fingerprint density at radius 2 is 1.29 bits per heavy atom. The molecule has 0 radical (unpaired) electrons. The highest BCUT2D eigenvalue weighted by Crippen LogP contribution is 2.27. The van der Waals surface area contributed by atoms with Gasteiger partial charge in [0.05, 0.1) is 0 Å². The highest BCUT2D eigenvalue weighted by atomic mass is 32.2. The minimum Gasteiger partial charge on any atom is -0.334 e. The molecule has 7 nitrogen and oxygen atoms in total. The summed E-state index contributed by atoms with van der Waals surface area (Å²) in [5.41, 5.74) is 0.284. The van der Waals surface area contributed by atoms with Crippen molar-refractivity contribution in [3.05, 3.63) is 30.3 Å². The van der Waals surface area contributed by atoms with Gasteiger partial charge in [-0.1, -0.05) is 32.0 Å². The summed E-state index contributed by atoms with van der Waals surface area (Å²) in [6.45, 7) is 3.01. The van der Waals surface area contributed by atoms with E-state index in [0.29, 0.717) is 0 Å². The standard InChI is InChI=1S/C12H19NO6S2/c1-3-11(20(14,15)16)13(10-8-6-5-7-9-10)12(4-2)21(17,18)19/h5-9,11-12H,3-4H2,1-2H3,(H,14,15,16)(H,17,18,19). The molecule has 21 heavy (non-hydrogen) atoms. The van der Waals surface area contributed by atoms with Crippen LogP contribution in [-0.2, 0) is 20.2 Å². The first kappa shape index (κ1) is 17.9. The lowest BCUT2D eigenvalue weighted by atomic mass is 10.2. The molecule has 0 heterocycles. The summed E-state index contributed by atoms with van der Waals surface area (Å²) in [7, 11) is -9.05. The van der Waals surface area contributed by atoms with Crippen LogP contribution in [0.3, 0.4) is 0 Å². The second-order valence-corrected chi connectivity index (χ2v) is 7.65. The fourth-order valence-electron chi connectivity index (χ4n) is 2.22. The second kappa shape index (κ2) is 6.73. The van der Waals surface area contributed by atoms with Crippen LogP contribution in [0, 0.1) is 0 Å². The molecule has 0 aliphatic rings. The first-order valence-corrected chi connectivity index (χ1v) is 9.39. The van der Waals surface area contributed by atoms with Crippen LogP contribution in [0.4, 0.5) is 5.69 Å². The van der Waals surface area contributed by atoms with Gasteiger partial charge in [0.25, 0.3) is 20.2 Å². The molecule has 0 aromatic heterocycles. The molecular weight excluding hydrogens is 318 g/mol. The molecule has 9 heteroatoms. The van der Waals surface area contributed by atoms with Gasteiger partial charge in [-0.25, -0.2) is 0 Å². The van der Waals surface area contributed by atoms with Crippen LogP contribution in [0.15, 0.2) is 30.3 Å². The number of para-hydroxylation sites is 1. The number of hydrogen-bond acceptors (Lipinski definition) is 5. The first-order chi connectivity index (χ1) is 9.62. The van der Waals surface area contributed by atoms with E-state index in [4.69, 9.17) is 0 Å². The van der Waals surface area contributed by atoms with E-state index in [1.165, 1.54) is 26.0 Å². The first-order valence-electron chi connectivity index (χ1n) is 6.38. The number of hydrogen-bond donors (Lipinski definition) is 2. The highest BCUT2D eigenvalue weighted by Gasteiger charge is 2.38. The Balaban J connectivity index is 3.50. The average Bonchev–Trinajstić information content (AvgIpc) is 2.36. The van der Waals surface area contributed by atoms with Crippen molar-refractivity contribution in [3.63, 3.8) is 0 Å². The molecule has 0 amide bonds. The van der Waals surface area contributed by atoms with E-state index in [-0.39, 0.29) is 18.5 Å². The lowest BCUT2D eigenvalue weighted by Gasteiger charge is -2.35. The number of benzene rings is 1. The molecule has 1 aromatic rings. The molecule has 2 N–H and O–H groups in total. The van der Waals surface area contributed by atoms with E-state index in [0.717, 1.165) is 4.90 Å². The quantitative estimate of drug-likeness (QED) is 0.729. The van der Waals surface area contributed by atoms with Crippen LogP contribution >= 0.6 is 0 Å². The van der Waals surface area contributed by atoms with Crippen LogP contribution in [0.1, 0.15) is 26.7 Å². The molecule has 0 bridgehead atoms. The lowest BCUT2D eigenvalue weighted by Crippen LogP contribution is -2.50. The summed E-state index contributed by atoms with van der Waals surface area (Å²) < 4.78 is 65.0. The van der Waals surface area contributed by atoms with Crippen LogP contribution < -0.4 is 4.90 Å². The summed E-state index contributed by atoms with van der Waals surface area (Å²) in [5.74, 6) is 0. The molecule has 1 rings (SSSR count). The molecule has 0 saturated carbocycles. The predicted molar refractivity (Wildman–Crippen MR) is 80.2 cm³/mol. The summed E-state index contributed by atoms with van der Waals surface area (Å²) in [6.07, 6.45) is -0.0838. The van der Waals surface area contributed by atoms with Crippen molar-refractivity contribution in [1.29, 1.82) is 0 Å². The summed E-state index contributed by atoms with van der Waals surface area (Å²) >= 11 is 0. The minimum atomic E-state index is -4.53. The second-order valence-electron chi connectivity index (χ2n) is 4.50. The maximum Gasteiger partial charge on any atom is 0.286 e. The smallest absolute Gasteiger partial charge is 0.286 e. The van der Waals surface area contributed by atoms with Gasteiger partial charge >= 0.3 is 0 Å². The Bertz CT molecular complexity index is 616. The number of anilines is 1. The van der Waals surface area contributed by atoms with Crippen molar-refractivity contribution in [2.24, 2.45) is 0 Å². The van der Waals surface area contributed by atoms with Crippen molar-refractivity contribution >= 4 is 25.9 Å². The molecule has 0 spiro atoms. The molecule has 120 valence electrons. The minimum absolute atomic E-state index is 0.0419. The van der Waals surface area contributed by atoms with E-state index in [1.54, 1.807) is 18.2 Å². The maximum absolute atomic E-state index is 11.6. The van der Waals surface area contributed by atoms with Gasteiger partial charge in [0.1, 0.15) is 0 Å². The van der Waals surface area contributed by atoms with Crippen molar-refractivity contribution in [2.75, 3.05) is 4.90 Å². The lowest BCUT2D eigenvalue weighted by molar-refractivity contribution is 0.439. The Kier molecular flexibility index (Phi) is 5.74. The fraction of sp³-hybridized carbons (Fsp3) is 0.500. The van der Waals surface area contributed by atoms with Gasteiger partial charge in [-0.15, -0.1) is 0 Å². The molecule has 0 aliphatic carbocycles. The van der Waals surface area contributed by atoms with Crippen LogP contribution in [0.5, 0.6) is 0 Å². The van der Waals surface area contributed by atoms with Crippen molar-refractivity contribution in [3.8, 4) is 0 Å². The van der Waals surface area contributed by atoms with Crippen LogP contribution in [0.25, 0.3) is 0 Å². The van der Waals surface area contributed by atoms with Crippen LogP contribution in [-0.4, -0.2) is 36.7 Å². The van der Waals surface area contributed by atoms with E-state index in [2.05, 4.69) is 0 Å². The number of rotatable bonds is 7. The molecule has 2 atom stereocenters. The summed E-state index contributed by atoms with van der Waals surface area (Å²) in [4.78, 5) is 1.02. The molecule has 1 aromatic carbocycles. The third kappa shape index (κ3) is 4.40. The summed E-state index contributed by atoms with van der Waals surface area (Å²) in [6, 6.07) is 7.93. The van der Waals surface area contributed by atoms with E-state index >= 15 is 0 Å². The van der Waals surface area contributed by atoms with E-state index < -0.39 is 31.0 Å². The summed E-state index contributed by atoms with van der Waals surface area (Å²) in [5, 5.41) is -2.93. The Morgan fingerprint density at radius 3 is 1.57 bits per heavy atom. The van der Waals surface area contributed by atoms with Gasteiger partial charge in [0.15, 0.2) is 10.7 Å². The Hall–Kier alpha value is -1.16. The zero-order chi connectivity index (χ0) is 16.3. The van der Waals surface area contributed by atoms with Gasteiger partial charge in [-0.05, 0) is 25.0 Å². The molecule has 0 fully saturated rings. The van der Waals surface area contributed by atoms with Gasteiger partial charge in [0.2, 0.25) is 0 Å². The van der Waals surface area contributed by atoms with Crippen molar-refractivity contribution < 1.29 is 25.9 Å². The predicted octanol–water partition coefficient (Wildman–Crippen LogP) is 1.74. The van der Waals surface area contributed by atoms with Gasteiger partial charge in [-0.2, -0.15) is 16.8 Å². The fourth-order valence-corrected chi connectivity index (χ4v) is 4.25. The average molecular weight is 337 g/mol. The number of nitrogens with zero attached hydrogens (tertiary/aromatic N) is 1. The van der Waals surface area contributed by atoms with Crippen molar-refractivity contribution in [2.45, 2.75) is 37.4 Å². The molecular formula is C12H19NO6S2. The third-order valence-electron chi connectivity index (χ3n) is 3.06. The monoisotopic (exact) mass is 337 g/mol. The largest absolute Gasteiger partial charge is 0.334 e. The maximum atomic E-state index is 11.6. The van der Waals surface area contributed by atoms with E-state index in [1.807, 2.05) is 0 Å².